The first-order chi connectivity index (χ1) is 5.75. The van der Waals surface area contributed by atoms with Crippen LogP contribution in [0.4, 0.5) is 0 Å². The second kappa shape index (κ2) is 4.24. The van der Waals surface area contributed by atoms with Crippen LogP contribution >= 0.6 is 0 Å². The lowest BCUT2D eigenvalue weighted by Crippen LogP contribution is -2.40. The maximum absolute atomic E-state index is 11.1. The Morgan fingerprint density at radius 1 is 1.42 bits per heavy atom. The molecule has 1 fully saturated rings. The zero-order valence-electron chi connectivity index (χ0n) is 7.38. The van der Waals surface area contributed by atoms with Crippen molar-refractivity contribution in [1.29, 1.82) is 0 Å². The highest BCUT2D eigenvalue weighted by Gasteiger charge is 2.27. The fourth-order valence-corrected chi connectivity index (χ4v) is 1.90. The normalized spacial score (nSPS) is 29.4. The predicted molar refractivity (Wildman–Crippen MR) is 45.6 cm³/mol. The molecule has 1 aliphatic rings. The molecule has 0 saturated heterocycles. The third-order valence-corrected chi connectivity index (χ3v) is 2.57. The largest absolute Gasteiger partial charge is 0.355 e. The van der Waals surface area contributed by atoms with Crippen LogP contribution in [-0.2, 0) is 9.59 Å². The highest BCUT2D eigenvalue weighted by atomic mass is 16.1. The summed E-state index contributed by atoms with van der Waals surface area (Å²) < 4.78 is 0. The van der Waals surface area contributed by atoms with Crippen LogP contribution in [0, 0.1) is 5.92 Å². The van der Waals surface area contributed by atoms with Crippen LogP contribution in [0.3, 0.4) is 0 Å². The fourth-order valence-electron chi connectivity index (χ4n) is 1.90. The van der Waals surface area contributed by atoms with E-state index in [1.165, 1.54) is 0 Å². The number of Topliss-reactive ketones (excluding diaryl/α,β-unsaturated/α-hetero) is 1. The minimum Gasteiger partial charge on any atom is -0.355 e. The van der Waals surface area contributed by atoms with Gasteiger partial charge in [0.25, 0.3) is 0 Å². The van der Waals surface area contributed by atoms with E-state index < -0.39 is 0 Å². The van der Waals surface area contributed by atoms with Gasteiger partial charge in [-0.2, -0.15) is 0 Å². The molecule has 2 unspecified atom stereocenters. The summed E-state index contributed by atoms with van der Waals surface area (Å²) in [6.07, 6.45) is 4.81. The molecule has 1 aliphatic carbocycles. The first-order valence-electron chi connectivity index (χ1n) is 4.46. The van der Waals surface area contributed by atoms with Crippen molar-refractivity contribution in [1.82, 2.24) is 5.32 Å². The van der Waals surface area contributed by atoms with Crippen LogP contribution < -0.4 is 5.32 Å². The SMILES string of the molecule is CC(=O)C1CCCCC1NC=O. The van der Waals surface area contributed by atoms with Crippen LogP contribution in [0.1, 0.15) is 32.6 Å². The molecule has 1 saturated carbocycles. The van der Waals surface area contributed by atoms with Gasteiger partial charge < -0.3 is 5.32 Å². The lowest BCUT2D eigenvalue weighted by atomic mass is 9.82. The van der Waals surface area contributed by atoms with Gasteiger partial charge in [0.15, 0.2) is 0 Å². The van der Waals surface area contributed by atoms with E-state index in [0.29, 0.717) is 6.41 Å². The molecular weight excluding hydrogens is 154 g/mol. The number of amides is 1. The first kappa shape index (κ1) is 9.23. The highest BCUT2D eigenvalue weighted by Crippen LogP contribution is 2.24. The minimum absolute atomic E-state index is 0.0592. The van der Waals surface area contributed by atoms with E-state index in [1.807, 2.05) is 0 Å². The van der Waals surface area contributed by atoms with Gasteiger partial charge in [-0.1, -0.05) is 12.8 Å². The van der Waals surface area contributed by atoms with Crippen LogP contribution in [0.25, 0.3) is 0 Å². The van der Waals surface area contributed by atoms with E-state index >= 15 is 0 Å². The number of ketones is 1. The molecule has 2 atom stereocenters. The lowest BCUT2D eigenvalue weighted by molar-refractivity contribution is -0.122. The van der Waals surface area contributed by atoms with Gasteiger partial charge in [-0.05, 0) is 19.8 Å². The average Bonchev–Trinajstić information content (AvgIpc) is 2.05. The molecule has 1 N–H and O–H groups in total. The van der Waals surface area contributed by atoms with Crippen molar-refractivity contribution >= 4 is 12.2 Å². The number of hydrogen-bond donors (Lipinski definition) is 1. The van der Waals surface area contributed by atoms with Crippen molar-refractivity contribution in [2.75, 3.05) is 0 Å². The van der Waals surface area contributed by atoms with Gasteiger partial charge >= 0.3 is 0 Å². The quantitative estimate of drug-likeness (QED) is 0.637. The molecule has 3 heteroatoms. The number of hydrogen-bond acceptors (Lipinski definition) is 2. The van der Waals surface area contributed by atoms with Crippen LogP contribution in [0.5, 0.6) is 0 Å². The molecule has 0 aliphatic heterocycles. The molecule has 12 heavy (non-hydrogen) atoms. The molecular formula is C9H15NO2. The van der Waals surface area contributed by atoms with Crippen LogP contribution in [-0.4, -0.2) is 18.2 Å². The van der Waals surface area contributed by atoms with Gasteiger partial charge in [0, 0.05) is 12.0 Å². The van der Waals surface area contributed by atoms with Gasteiger partial charge in [0.05, 0.1) is 0 Å². The molecule has 0 spiro atoms. The summed E-state index contributed by atoms with van der Waals surface area (Å²) in [5, 5.41) is 2.71. The molecule has 0 heterocycles. The van der Waals surface area contributed by atoms with E-state index in [0.717, 1.165) is 25.7 Å². The Morgan fingerprint density at radius 3 is 2.67 bits per heavy atom. The van der Waals surface area contributed by atoms with E-state index in [2.05, 4.69) is 5.32 Å². The van der Waals surface area contributed by atoms with Crippen LogP contribution in [0.2, 0.25) is 0 Å². The van der Waals surface area contributed by atoms with Gasteiger partial charge in [-0.25, -0.2) is 0 Å². The second-order valence-electron chi connectivity index (χ2n) is 3.39. The van der Waals surface area contributed by atoms with E-state index in [9.17, 15) is 9.59 Å². The minimum atomic E-state index is 0.0592. The maximum Gasteiger partial charge on any atom is 0.207 e. The predicted octanol–water partition coefficient (Wildman–Crippen LogP) is 0.880. The van der Waals surface area contributed by atoms with Gasteiger partial charge in [0.1, 0.15) is 5.78 Å². The molecule has 0 bridgehead atoms. The fraction of sp³-hybridized carbons (Fsp3) is 0.778. The summed E-state index contributed by atoms with van der Waals surface area (Å²) in [5.74, 6) is 0.262. The molecule has 3 nitrogen and oxygen atoms in total. The Hall–Kier alpha value is -0.860. The van der Waals surface area contributed by atoms with Crippen molar-refractivity contribution in [2.24, 2.45) is 5.92 Å². The highest BCUT2D eigenvalue weighted by molar-refractivity contribution is 5.79. The van der Waals surface area contributed by atoms with Gasteiger partial charge in [-0.3, -0.25) is 9.59 Å². The standard InChI is InChI=1S/C9H15NO2/c1-7(12)8-4-2-3-5-9(8)10-6-11/h6,8-9H,2-5H2,1H3,(H,10,11). The van der Waals surface area contributed by atoms with E-state index in [4.69, 9.17) is 0 Å². The Labute approximate surface area is 72.5 Å². The monoisotopic (exact) mass is 169 g/mol. The smallest absolute Gasteiger partial charge is 0.207 e. The second-order valence-corrected chi connectivity index (χ2v) is 3.39. The van der Waals surface area contributed by atoms with Gasteiger partial charge in [0.2, 0.25) is 6.41 Å². The summed E-state index contributed by atoms with van der Waals surface area (Å²) in [6, 6.07) is 0.0914. The number of rotatable bonds is 3. The lowest BCUT2D eigenvalue weighted by Gasteiger charge is -2.28. The summed E-state index contributed by atoms with van der Waals surface area (Å²) in [5.41, 5.74) is 0. The molecule has 0 aromatic rings. The van der Waals surface area contributed by atoms with Crippen molar-refractivity contribution in [3.05, 3.63) is 0 Å². The van der Waals surface area contributed by atoms with Gasteiger partial charge in [-0.15, -0.1) is 0 Å². The molecule has 1 amide bonds. The van der Waals surface area contributed by atoms with Crippen LogP contribution in [0.15, 0.2) is 0 Å². The maximum atomic E-state index is 11.1. The van der Waals surface area contributed by atoms with E-state index in [1.54, 1.807) is 6.92 Å². The first-order valence-corrected chi connectivity index (χ1v) is 4.46. The summed E-state index contributed by atoms with van der Waals surface area (Å²) in [7, 11) is 0. The number of carbonyl (C=O) groups excluding carboxylic acids is 2. The zero-order valence-corrected chi connectivity index (χ0v) is 7.38. The van der Waals surface area contributed by atoms with Crippen molar-refractivity contribution < 1.29 is 9.59 Å². The Morgan fingerprint density at radius 2 is 2.08 bits per heavy atom. The number of nitrogens with one attached hydrogen (secondary N) is 1. The molecule has 0 aromatic carbocycles. The Bertz CT molecular complexity index is 179. The molecule has 68 valence electrons. The molecule has 0 aromatic heterocycles. The third-order valence-electron chi connectivity index (χ3n) is 2.57. The third kappa shape index (κ3) is 2.06. The molecule has 0 radical (unpaired) electrons. The van der Waals surface area contributed by atoms with E-state index in [-0.39, 0.29) is 17.7 Å². The Balaban J connectivity index is 2.53. The van der Waals surface area contributed by atoms with Crippen molar-refractivity contribution in [3.63, 3.8) is 0 Å². The Kier molecular flexibility index (Phi) is 3.26. The molecule has 1 rings (SSSR count). The number of carbonyl (C=O) groups is 2. The summed E-state index contributed by atoms with van der Waals surface area (Å²) >= 11 is 0. The zero-order chi connectivity index (χ0) is 8.97. The average molecular weight is 169 g/mol. The van der Waals surface area contributed by atoms with Crippen molar-refractivity contribution in [3.8, 4) is 0 Å². The van der Waals surface area contributed by atoms with Crippen molar-refractivity contribution in [2.45, 2.75) is 38.6 Å². The summed E-state index contributed by atoms with van der Waals surface area (Å²) in [6.45, 7) is 1.61. The summed E-state index contributed by atoms with van der Waals surface area (Å²) in [4.78, 5) is 21.3. The topological polar surface area (TPSA) is 46.2 Å².